The number of hydrogen-bond acceptors (Lipinski definition) is 4. The molecule has 0 spiro atoms. The molecule has 1 aliphatic carbocycles. The van der Waals surface area contributed by atoms with Gasteiger partial charge in [0.2, 0.25) is 5.60 Å². The first-order valence-corrected chi connectivity index (χ1v) is 8.17. The van der Waals surface area contributed by atoms with Crippen molar-refractivity contribution in [3.8, 4) is 0 Å². The van der Waals surface area contributed by atoms with Gasteiger partial charge in [0.05, 0.1) is 12.5 Å². The number of alkyl halides is 5. The van der Waals surface area contributed by atoms with Gasteiger partial charge in [-0.2, -0.15) is 22.0 Å². The van der Waals surface area contributed by atoms with Crippen LogP contribution in [-0.2, 0) is 14.3 Å². The Balaban J connectivity index is 2.19. The van der Waals surface area contributed by atoms with E-state index in [4.69, 9.17) is 4.74 Å². The van der Waals surface area contributed by atoms with Crippen LogP contribution in [0.1, 0.15) is 40.0 Å². The van der Waals surface area contributed by atoms with Gasteiger partial charge in [-0.3, -0.25) is 4.79 Å². The van der Waals surface area contributed by atoms with Crippen molar-refractivity contribution in [2.24, 2.45) is 5.92 Å². The Hall–Kier alpha value is -1.48. The van der Waals surface area contributed by atoms with E-state index in [1.807, 2.05) is 13.0 Å². The maximum absolute atomic E-state index is 14.3. The molecule has 4 nitrogen and oxygen atoms in total. The van der Waals surface area contributed by atoms with Crippen molar-refractivity contribution in [2.45, 2.75) is 63.5 Å². The number of rotatable bonds is 2. The summed E-state index contributed by atoms with van der Waals surface area (Å²) in [6.07, 6.45) is -0.938. The predicted molar refractivity (Wildman–Crippen MR) is 81.3 cm³/mol. The Morgan fingerprint density at radius 3 is 2.31 bits per heavy atom. The van der Waals surface area contributed by atoms with Crippen molar-refractivity contribution < 1.29 is 41.3 Å². The zero-order valence-electron chi connectivity index (χ0n) is 14.6. The normalized spacial score (nSPS) is 38.0. The van der Waals surface area contributed by atoms with Crippen LogP contribution in [-0.4, -0.2) is 41.2 Å². The van der Waals surface area contributed by atoms with Gasteiger partial charge in [0.15, 0.2) is 0 Å². The minimum atomic E-state index is -5.75. The highest BCUT2D eigenvalue weighted by atomic mass is 19.4. The van der Waals surface area contributed by atoms with Crippen LogP contribution in [0.2, 0.25) is 0 Å². The first-order valence-electron chi connectivity index (χ1n) is 8.17. The summed E-state index contributed by atoms with van der Waals surface area (Å²) in [6, 6.07) is 0. The fourth-order valence-electron chi connectivity index (χ4n) is 3.26. The van der Waals surface area contributed by atoms with Crippen LogP contribution in [0.4, 0.5) is 22.0 Å². The van der Waals surface area contributed by atoms with Gasteiger partial charge >= 0.3 is 23.9 Å². The lowest BCUT2D eigenvalue weighted by molar-refractivity contribution is -0.409. The molecule has 0 radical (unpaired) electrons. The molecule has 1 aliphatic heterocycles. The average molecular weight is 384 g/mol. The van der Waals surface area contributed by atoms with Crippen molar-refractivity contribution in [3.05, 3.63) is 23.3 Å². The van der Waals surface area contributed by atoms with Crippen molar-refractivity contribution in [3.63, 3.8) is 0 Å². The van der Waals surface area contributed by atoms with Crippen molar-refractivity contribution in [1.82, 2.24) is 0 Å². The van der Waals surface area contributed by atoms with E-state index in [9.17, 15) is 31.9 Å². The highest BCUT2D eigenvalue weighted by Gasteiger charge is 2.82. The zero-order chi connectivity index (χ0) is 20.0. The van der Waals surface area contributed by atoms with E-state index in [1.165, 1.54) is 0 Å². The highest BCUT2D eigenvalue weighted by molar-refractivity contribution is 5.74. The third-order valence-corrected chi connectivity index (χ3v) is 5.03. The molecule has 26 heavy (non-hydrogen) atoms. The fraction of sp³-hybridized carbons (Fsp3) is 0.706. The molecule has 2 fully saturated rings. The number of esters is 1. The zero-order valence-corrected chi connectivity index (χ0v) is 14.6. The summed E-state index contributed by atoms with van der Waals surface area (Å²) in [7, 11) is 0. The molecule has 148 valence electrons. The molecule has 3 atom stereocenters. The largest absolute Gasteiger partial charge is 0.450 e. The Bertz CT molecular complexity index is 640. The van der Waals surface area contributed by atoms with Gasteiger partial charge in [-0.1, -0.05) is 12.2 Å². The fourth-order valence-corrected chi connectivity index (χ4v) is 3.26. The molecule has 0 aromatic rings. The Morgan fingerprint density at radius 2 is 1.85 bits per heavy atom. The van der Waals surface area contributed by atoms with E-state index in [1.54, 1.807) is 13.0 Å². The summed E-state index contributed by atoms with van der Waals surface area (Å²) in [4.78, 5) is 12.3. The number of carbonyl (C=O) groups excluding carboxylic acids is 1. The molecule has 0 bridgehead atoms. The second kappa shape index (κ2) is 6.60. The van der Waals surface area contributed by atoms with Gasteiger partial charge in [-0.25, -0.2) is 0 Å². The van der Waals surface area contributed by atoms with Gasteiger partial charge in [-0.05, 0) is 51.2 Å². The number of halogens is 5. The summed E-state index contributed by atoms with van der Waals surface area (Å²) in [5, 5.41) is 9.36. The van der Waals surface area contributed by atoms with Gasteiger partial charge in [0, 0.05) is 0 Å². The molecule has 1 saturated heterocycles. The summed E-state index contributed by atoms with van der Waals surface area (Å²) >= 11 is 0. The van der Waals surface area contributed by atoms with Crippen molar-refractivity contribution >= 4 is 5.97 Å². The average Bonchev–Trinajstić information content (AvgIpc) is 2.74. The predicted octanol–water partition coefficient (Wildman–Crippen LogP) is 3.90. The highest BCUT2D eigenvalue weighted by Crippen LogP contribution is 2.54. The quantitative estimate of drug-likeness (QED) is 0.580. The van der Waals surface area contributed by atoms with Crippen LogP contribution in [0.3, 0.4) is 0 Å². The van der Waals surface area contributed by atoms with E-state index in [-0.39, 0.29) is 6.42 Å². The monoisotopic (exact) mass is 384 g/mol. The minimum Gasteiger partial charge on any atom is -0.450 e. The van der Waals surface area contributed by atoms with Crippen LogP contribution < -0.4 is 0 Å². The smallest absolute Gasteiger partial charge is 0.449 e. The third-order valence-electron chi connectivity index (χ3n) is 5.03. The molecule has 1 saturated carbocycles. The molecular weight excluding hydrogens is 363 g/mol. The SMILES string of the molecule is C/C=C1/CCC(C(=O)OC2(C)COC(O)(C(F)(F)F)C2(F)F)C/C1=C/C. The van der Waals surface area contributed by atoms with E-state index in [2.05, 4.69) is 4.74 Å². The lowest BCUT2D eigenvalue weighted by atomic mass is 9.81. The molecule has 2 aliphatic rings. The van der Waals surface area contributed by atoms with Gasteiger partial charge in [0.25, 0.3) is 0 Å². The van der Waals surface area contributed by atoms with Crippen molar-refractivity contribution in [1.29, 1.82) is 0 Å². The third kappa shape index (κ3) is 3.05. The maximum Gasteiger partial charge on any atom is 0.449 e. The van der Waals surface area contributed by atoms with Crippen LogP contribution in [0.15, 0.2) is 23.3 Å². The van der Waals surface area contributed by atoms with E-state index in [0.717, 1.165) is 11.1 Å². The summed E-state index contributed by atoms with van der Waals surface area (Å²) in [6.45, 7) is 2.97. The Labute approximate surface area is 147 Å². The van der Waals surface area contributed by atoms with Crippen LogP contribution in [0, 0.1) is 5.92 Å². The van der Waals surface area contributed by atoms with Crippen molar-refractivity contribution in [2.75, 3.05) is 6.61 Å². The molecular formula is C17H21F5O4. The van der Waals surface area contributed by atoms with E-state index < -0.39 is 42.0 Å². The summed E-state index contributed by atoms with van der Waals surface area (Å²) in [5.74, 6) is -11.3. The number of ether oxygens (including phenoxy) is 2. The standard InChI is InChI=1S/C17H21F5O4/c1-4-10-6-7-12(8-11(10)5-2)13(23)26-14(3)9-25-16(24,15(14,18)19)17(20,21)22/h4-5,12,24H,6-9H2,1-3H3/b10-4-,11-5-. The topological polar surface area (TPSA) is 55.8 Å². The van der Waals surface area contributed by atoms with Crippen LogP contribution in [0.5, 0.6) is 0 Å². The minimum absolute atomic E-state index is 0.251. The van der Waals surface area contributed by atoms with Gasteiger partial charge < -0.3 is 14.6 Å². The van der Waals surface area contributed by atoms with Gasteiger partial charge in [0.1, 0.15) is 0 Å². The molecule has 2 rings (SSSR count). The van der Waals surface area contributed by atoms with Crippen LogP contribution >= 0.6 is 0 Å². The molecule has 0 aromatic carbocycles. The second-order valence-corrected chi connectivity index (χ2v) is 6.72. The molecule has 3 unspecified atom stereocenters. The molecule has 9 heteroatoms. The summed E-state index contributed by atoms with van der Waals surface area (Å²) < 4.78 is 76.0. The number of carbonyl (C=O) groups is 1. The van der Waals surface area contributed by atoms with Crippen LogP contribution in [0.25, 0.3) is 0 Å². The molecule has 0 aromatic heterocycles. The first kappa shape index (κ1) is 20.8. The maximum atomic E-state index is 14.3. The lowest BCUT2D eigenvalue weighted by Gasteiger charge is -2.36. The Morgan fingerprint density at radius 1 is 1.27 bits per heavy atom. The molecule has 1 N–H and O–H groups in total. The first-order chi connectivity index (χ1) is 11.8. The number of allylic oxidation sites excluding steroid dienone is 4. The van der Waals surface area contributed by atoms with E-state index in [0.29, 0.717) is 19.8 Å². The molecule has 0 amide bonds. The van der Waals surface area contributed by atoms with E-state index >= 15 is 0 Å². The lowest BCUT2D eigenvalue weighted by Crippen LogP contribution is -2.63. The summed E-state index contributed by atoms with van der Waals surface area (Å²) in [5.41, 5.74) is -1.03. The molecule has 1 heterocycles. The van der Waals surface area contributed by atoms with Gasteiger partial charge in [-0.15, -0.1) is 0 Å². The second-order valence-electron chi connectivity index (χ2n) is 6.72. The number of hydrogen-bond donors (Lipinski definition) is 1. The Kier molecular flexibility index (Phi) is 5.29. The number of aliphatic hydroxyl groups is 1.